The van der Waals surface area contributed by atoms with Crippen LogP contribution in [0.4, 0.5) is 11.8 Å². The van der Waals surface area contributed by atoms with Crippen molar-refractivity contribution in [1.82, 2.24) is 30.0 Å². The highest BCUT2D eigenvalue weighted by atomic mass is 35.5. The monoisotopic (exact) mass is 482 g/mol. The van der Waals surface area contributed by atoms with Crippen molar-refractivity contribution in [1.29, 1.82) is 0 Å². The molecule has 2 saturated heterocycles. The van der Waals surface area contributed by atoms with Crippen molar-refractivity contribution >= 4 is 34.9 Å². The molecular weight excluding hydrogens is 452 g/mol. The Hall–Kier alpha value is -2.91. The molecule has 0 saturated carbocycles. The van der Waals surface area contributed by atoms with Crippen molar-refractivity contribution in [3.8, 4) is 0 Å². The number of carbonyl (C=O) groups is 1. The molecule has 2 fully saturated rings. The van der Waals surface area contributed by atoms with Crippen molar-refractivity contribution in [3.63, 3.8) is 0 Å². The maximum atomic E-state index is 13.1. The zero-order valence-corrected chi connectivity index (χ0v) is 20.6. The summed E-state index contributed by atoms with van der Waals surface area (Å²) in [6, 6.07) is 6.23. The molecule has 5 heterocycles. The Bertz CT molecular complexity index is 1190. The molecule has 2 N–H and O–H groups in total. The molecule has 3 aromatic heterocycles. The van der Waals surface area contributed by atoms with Gasteiger partial charge in [-0.05, 0) is 32.4 Å². The molecule has 0 bridgehead atoms. The third kappa shape index (κ3) is 4.18. The lowest BCUT2D eigenvalue weighted by Gasteiger charge is -2.41. The quantitative estimate of drug-likeness (QED) is 0.557. The van der Waals surface area contributed by atoms with Crippen molar-refractivity contribution < 1.29 is 4.79 Å². The standard InChI is InChI=1S/C24H31ClN8O/c1-4-17-11-26-8-10-32(17)23-28-12-18(25)21(29-23)31-14-16(15-31)22(34)30-24(2,3)19-13-27-20-7-5-6-9-33(19)20/h5-7,9,12-13,16-17,26H,4,8,10-11,14-15H2,1-3H3,(H,30,34). The van der Waals surface area contributed by atoms with Crippen molar-refractivity contribution in [3.05, 3.63) is 47.5 Å². The van der Waals surface area contributed by atoms with Crippen LogP contribution in [0.5, 0.6) is 0 Å². The molecule has 3 aromatic rings. The summed E-state index contributed by atoms with van der Waals surface area (Å²) in [4.78, 5) is 31.1. The fourth-order valence-electron chi connectivity index (χ4n) is 4.78. The topological polar surface area (TPSA) is 90.7 Å². The molecular formula is C24H31ClN8O. The highest BCUT2D eigenvalue weighted by Crippen LogP contribution is 2.32. The lowest BCUT2D eigenvalue weighted by Crippen LogP contribution is -2.57. The van der Waals surface area contributed by atoms with Gasteiger partial charge in [0.15, 0.2) is 5.82 Å². The molecule has 1 unspecified atom stereocenters. The maximum absolute atomic E-state index is 13.1. The van der Waals surface area contributed by atoms with Gasteiger partial charge in [-0.25, -0.2) is 9.97 Å². The predicted molar refractivity (Wildman–Crippen MR) is 133 cm³/mol. The molecule has 180 valence electrons. The molecule has 34 heavy (non-hydrogen) atoms. The first kappa shape index (κ1) is 22.9. The number of anilines is 2. The summed E-state index contributed by atoms with van der Waals surface area (Å²) in [6.07, 6.45) is 6.48. The van der Waals surface area contributed by atoms with Crippen LogP contribution in [0.15, 0.2) is 36.8 Å². The van der Waals surface area contributed by atoms with Gasteiger partial charge in [-0.1, -0.05) is 24.6 Å². The second-order valence-electron chi connectivity index (χ2n) is 9.59. The summed E-state index contributed by atoms with van der Waals surface area (Å²) in [5, 5.41) is 7.15. The number of imidazole rings is 1. The maximum Gasteiger partial charge on any atom is 0.227 e. The van der Waals surface area contributed by atoms with E-state index in [0.29, 0.717) is 35.9 Å². The average molecular weight is 483 g/mol. The fraction of sp³-hybridized carbons (Fsp3) is 0.500. The smallest absolute Gasteiger partial charge is 0.227 e. The number of piperazine rings is 1. The van der Waals surface area contributed by atoms with E-state index in [-0.39, 0.29) is 11.8 Å². The van der Waals surface area contributed by atoms with Crippen LogP contribution < -0.4 is 20.4 Å². The zero-order chi connectivity index (χ0) is 23.9. The van der Waals surface area contributed by atoms with Crippen LogP contribution >= 0.6 is 11.6 Å². The Balaban J connectivity index is 1.26. The predicted octanol–water partition coefficient (Wildman–Crippen LogP) is 2.45. The molecule has 1 atom stereocenters. The summed E-state index contributed by atoms with van der Waals surface area (Å²) in [5.41, 5.74) is 1.24. The minimum Gasteiger partial charge on any atom is -0.353 e. The number of aromatic nitrogens is 4. The van der Waals surface area contributed by atoms with Gasteiger partial charge in [0.05, 0.1) is 29.5 Å². The Kier molecular flexibility index (Phi) is 6.07. The van der Waals surface area contributed by atoms with Gasteiger partial charge in [0.25, 0.3) is 0 Å². The molecule has 0 aromatic carbocycles. The van der Waals surface area contributed by atoms with Crippen LogP contribution in [-0.4, -0.2) is 64.0 Å². The van der Waals surface area contributed by atoms with E-state index in [1.54, 1.807) is 6.20 Å². The van der Waals surface area contributed by atoms with E-state index < -0.39 is 5.54 Å². The summed E-state index contributed by atoms with van der Waals surface area (Å²) in [6.45, 7) is 10.0. The fourth-order valence-corrected chi connectivity index (χ4v) is 5.00. The molecule has 2 aliphatic rings. The van der Waals surface area contributed by atoms with Gasteiger partial charge in [-0.15, -0.1) is 0 Å². The number of carbonyl (C=O) groups excluding carboxylic acids is 1. The van der Waals surface area contributed by atoms with Crippen LogP contribution in [0.25, 0.3) is 5.65 Å². The van der Waals surface area contributed by atoms with E-state index in [1.165, 1.54) is 0 Å². The first-order chi connectivity index (χ1) is 16.4. The Morgan fingerprint density at radius 3 is 2.88 bits per heavy atom. The molecule has 2 aliphatic heterocycles. The number of hydrogen-bond acceptors (Lipinski definition) is 7. The molecule has 0 aliphatic carbocycles. The number of hydrogen-bond donors (Lipinski definition) is 2. The third-order valence-corrected chi connectivity index (χ3v) is 7.10. The Morgan fingerprint density at radius 2 is 2.09 bits per heavy atom. The number of halogens is 1. The lowest BCUT2D eigenvalue weighted by molar-refractivity contribution is -0.127. The van der Waals surface area contributed by atoms with Crippen LogP contribution in [0, 0.1) is 5.92 Å². The first-order valence-electron chi connectivity index (χ1n) is 11.9. The minimum absolute atomic E-state index is 0.0192. The van der Waals surface area contributed by atoms with E-state index >= 15 is 0 Å². The second-order valence-corrected chi connectivity index (χ2v) is 10.00. The Morgan fingerprint density at radius 1 is 1.26 bits per heavy atom. The summed E-state index contributed by atoms with van der Waals surface area (Å²) >= 11 is 6.46. The summed E-state index contributed by atoms with van der Waals surface area (Å²) in [7, 11) is 0. The molecule has 1 amide bonds. The first-order valence-corrected chi connectivity index (χ1v) is 12.2. The molecule has 5 rings (SSSR count). The number of nitrogens with one attached hydrogen (secondary N) is 2. The van der Waals surface area contributed by atoms with Crippen molar-refractivity contribution in [2.24, 2.45) is 5.92 Å². The second kappa shape index (κ2) is 9.03. The normalized spacial score (nSPS) is 19.4. The van der Waals surface area contributed by atoms with Crippen LogP contribution in [-0.2, 0) is 10.3 Å². The largest absolute Gasteiger partial charge is 0.353 e. The highest BCUT2D eigenvalue weighted by Gasteiger charge is 2.38. The van der Waals surface area contributed by atoms with Gasteiger partial charge < -0.3 is 24.8 Å². The zero-order valence-electron chi connectivity index (χ0n) is 19.8. The van der Waals surface area contributed by atoms with Crippen molar-refractivity contribution in [2.45, 2.75) is 38.8 Å². The number of amides is 1. The van der Waals surface area contributed by atoms with Crippen LogP contribution in [0.1, 0.15) is 32.9 Å². The number of pyridine rings is 1. The Labute approximate surface area is 204 Å². The molecule has 0 spiro atoms. The van der Waals surface area contributed by atoms with Gasteiger partial charge in [0.2, 0.25) is 11.9 Å². The van der Waals surface area contributed by atoms with Crippen LogP contribution in [0.2, 0.25) is 5.02 Å². The van der Waals surface area contributed by atoms with E-state index in [0.717, 1.165) is 37.4 Å². The highest BCUT2D eigenvalue weighted by molar-refractivity contribution is 6.32. The SMILES string of the molecule is CCC1CNCCN1c1ncc(Cl)c(N2CC(C(=O)NC(C)(C)c3cnc4ccccn34)C2)n1. The van der Waals surface area contributed by atoms with E-state index in [1.807, 2.05) is 48.8 Å². The number of rotatable bonds is 6. The van der Waals surface area contributed by atoms with E-state index in [9.17, 15) is 4.79 Å². The lowest BCUT2D eigenvalue weighted by atomic mass is 9.95. The van der Waals surface area contributed by atoms with Gasteiger partial charge in [0, 0.05) is 45.0 Å². The van der Waals surface area contributed by atoms with Crippen molar-refractivity contribution in [2.75, 3.05) is 42.5 Å². The van der Waals surface area contributed by atoms with Crippen LogP contribution in [0.3, 0.4) is 0 Å². The molecule has 10 heteroatoms. The van der Waals surface area contributed by atoms with E-state index in [2.05, 4.69) is 37.3 Å². The number of nitrogens with zero attached hydrogens (tertiary/aromatic N) is 6. The minimum atomic E-state index is -0.560. The third-order valence-electron chi connectivity index (χ3n) is 6.84. The number of fused-ring (bicyclic) bond motifs is 1. The van der Waals surface area contributed by atoms with Gasteiger partial charge in [-0.2, -0.15) is 4.98 Å². The average Bonchev–Trinajstić information content (AvgIpc) is 3.24. The summed E-state index contributed by atoms with van der Waals surface area (Å²) < 4.78 is 2.01. The molecule has 0 radical (unpaired) electrons. The molecule has 9 nitrogen and oxygen atoms in total. The van der Waals surface area contributed by atoms with Gasteiger partial charge >= 0.3 is 0 Å². The van der Waals surface area contributed by atoms with Gasteiger partial charge in [-0.3, -0.25) is 4.79 Å². The van der Waals surface area contributed by atoms with Gasteiger partial charge in [0.1, 0.15) is 10.7 Å². The van der Waals surface area contributed by atoms with E-state index in [4.69, 9.17) is 16.6 Å². The summed E-state index contributed by atoms with van der Waals surface area (Å²) in [5.74, 6) is 1.29.